The number of nitrogens with zero attached hydrogens (tertiary/aromatic N) is 1. The molecular formula is C16H23ClN2O3. The molecule has 0 saturated carbocycles. The molecule has 2 aliphatic heterocycles. The van der Waals surface area contributed by atoms with Gasteiger partial charge in [-0.3, -0.25) is 4.79 Å². The zero-order valence-corrected chi connectivity index (χ0v) is 13.3. The van der Waals surface area contributed by atoms with Gasteiger partial charge < -0.3 is 20.1 Å². The predicted octanol–water partition coefficient (Wildman–Crippen LogP) is 1.51. The molecule has 22 heavy (non-hydrogen) atoms. The topological polar surface area (TPSA) is 64.8 Å². The van der Waals surface area contributed by atoms with E-state index in [1.54, 1.807) is 0 Å². The van der Waals surface area contributed by atoms with Crippen LogP contribution < -0.4 is 5.73 Å². The fourth-order valence-electron chi connectivity index (χ4n) is 2.98. The predicted molar refractivity (Wildman–Crippen MR) is 85.9 cm³/mol. The van der Waals surface area contributed by atoms with Crippen LogP contribution in [0.1, 0.15) is 24.5 Å². The number of rotatable bonds is 3. The largest absolute Gasteiger partial charge is 0.370 e. The van der Waals surface area contributed by atoms with E-state index in [1.807, 2.05) is 35.2 Å². The second-order valence-electron chi connectivity index (χ2n) is 5.61. The molecule has 1 unspecified atom stereocenters. The second-order valence-corrected chi connectivity index (χ2v) is 5.61. The minimum atomic E-state index is -0.326. The lowest BCUT2D eigenvalue weighted by Gasteiger charge is -2.34. The Bertz CT molecular complexity index is 486. The Hall–Kier alpha value is -1.14. The van der Waals surface area contributed by atoms with E-state index >= 15 is 0 Å². The third-order valence-electron chi connectivity index (χ3n) is 4.20. The van der Waals surface area contributed by atoms with Gasteiger partial charge in [-0.2, -0.15) is 0 Å². The van der Waals surface area contributed by atoms with Crippen molar-refractivity contribution < 1.29 is 14.3 Å². The lowest BCUT2D eigenvalue weighted by molar-refractivity contribution is -0.150. The van der Waals surface area contributed by atoms with Crippen molar-refractivity contribution in [3.05, 3.63) is 35.9 Å². The molecule has 1 aromatic carbocycles. The first-order valence-electron chi connectivity index (χ1n) is 7.59. The number of morpholine rings is 1. The van der Waals surface area contributed by atoms with Gasteiger partial charge in [0.05, 0.1) is 19.3 Å². The Labute approximate surface area is 137 Å². The number of hydrogen-bond acceptors (Lipinski definition) is 4. The minimum Gasteiger partial charge on any atom is -0.370 e. The van der Waals surface area contributed by atoms with Gasteiger partial charge in [0.15, 0.2) is 0 Å². The molecule has 2 heterocycles. The monoisotopic (exact) mass is 326 g/mol. The molecule has 3 atom stereocenters. The van der Waals surface area contributed by atoms with Gasteiger partial charge in [-0.25, -0.2) is 0 Å². The van der Waals surface area contributed by atoms with Gasteiger partial charge in [0, 0.05) is 13.1 Å². The van der Waals surface area contributed by atoms with Crippen molar-refractivity contribution in [2.45, 2.75) is 31.2 Å². The summed E-state index contributed by atoms with van der Waals surface area (Å²) in [6, 6.07) is 10.0. The standard InChI is InChI=1S/C16H22N2O3.ClH/c17-10-13-6-7-14(21-13)16(19)18-8-9-20-15(11-18)12-4-2-1-3-5-12;/h1-5,13-15H,6-11,17H2;1H/t13-,14+,15?;/m1./s1. The number of halogens is 1. The van der Waals surface area contributed by atoms with E-state index in [9.17, 15) is 4.79 Å². The zero-order chi connectivity index (χ0) is 14.7. The minimum absolute atomic E-state index is 0. The zero-order valence-electron chi connectivity index (χ0n) is 12.5. The van der Waals surface area contributed by atoms with Crippen molar-refractivity contribution in [2.24, 2.45) is 5.73 Å². The van der Waals surface area contributed by atoms with E-state index in [-0.39, 0.29) is 36.6 Å². The Kier molecular flexibility index (Phi) is 6.20. The van der Waals surface area contributed by atoms with Gasteiger partial charge in [0.1, 0.15) is 12.2 Å². The molecule has 1 amide bonds. The average Bonchev–Trinajstić information content (AvgIpc) is 3.04. The Balaban J connectivity index is 0.00000176. The molecular weight excluding hydrogens is 304 g/mol. The van der Waals surface area contributed by atoms with Crippen LogP contribution in [-0.4, -0.2) is 49.3 Å². The highest BCUT2D eigenvalue weighted by atomic mass is 35.5. The summed E-state index contributed by atoms with van der Waals surface area (Å²) in [4.78, 5) is 14.4. The fourth-order valence-corrected chi connectivity index (χ4v) is 2.98. The van der Waals surface area contributed by atoms with Crippen LogP contribution in [0.15, 0.2) is 30.3 Å². The second kappa shape index (κ2) is 7.92. The van der Waals surface area contributed by atoms with Crippen LogP contribution in [0.3, 0.4) is 0 Å². The van der Waals surface area contributed by atoms with Crippen LogP contribution in [0.25, 0.3) is 0 Å². The highest BCUT2D eigenvalue weighted by molar-refractivity contribution is 5.85. The molecule has 6 heteroatoms. The molecule has 2 saturated heterocycles. The molecule has 0 spiro atoms. The van der Waals surface area contributed by atoms with Gasteiger partial charge in [-0.15, -0.1) is 12.4 Å². The molecule has 2 N–H and O–H groups in total. The summed E-state index contributed by atoms with van der Waals surface area (Å²) >= 11 is 0. The summed E-state index contributed by atoms with van der Waals surface area (Å²) in [5.74, 6) is 0.0789. The first-order chi connectivity index (χ1) is 10.3. The summed E-state index contributed by atoms with van der Waals surface area (Å²) in [6.45, 7) is 2.28. The van der Waals surface area contributed by atoms with Gasteiger partial charge in [-0.05, 0) is 18.4 Å². The smallest absolute Gasteiger partial charge is 0.251 e. The summed E-state index contributed by atoms with van der Waals surface area (Å²) in [5, 5.41) is 0. The molecule has 122 valence electrons. The van der Waals surface area contributed by atoms with E-state index < -0.39 is 0 Å². The van der Waals surface area contributed by atoms with Crippen molar-refractivity contribution in [1.29, 1.82) is 0 Å². The maximum atomic E-state index is 12.5. The SMILES string of the molecule is Cl.NC[C@H]1CC[C@@H](C(=O)N2CCOC(c3ccccc3)C2)O1. The van der Waals surface area contributed by atoms with Crippen LogP contribution in [-0.2, 0) is 14.3 Å². The summed E-state index contributed by atoms with van der Waals surface area (Å²) < 4.78 is 11.5. The summed E-state index contributed by atoms with van der Waals surface area (Å²) in [5.41, 5.74) is 6.72. The number of ether oxygens (including phenoxy) is 2. The molecule has 3 rings (SSSR count). The van der Waals surface area contributed by atoms with Gasteiger partial charge in [0.2, 0.25) is 0 Å². The van der Waals surface area contributed by atoms with Crippen molar-refractivity contribution in [3.8, 4) is 0 Å². The highest BCUT2D eigenvalue weighted by Crippen LogP contribution is 2.25. The van der Waals surface area contributed by atoms with E-state index in [2.05, 4.69) is 0 Å². The molecule has 0 aromatic heterocycles. The molecule has 0 radical (unpaired) electrons. The molecule has 2 fully saturated rings. The average molecular weight is 327 g/mol. The molecule has 0 aliphatic carbocycles. The lowest BCUT2D eigenvalue weighted by atomic mass is 10.1. The first kappa shape index (κ1) is 17.2. The molecule has 1 aromatic rings. The number of carbonyl (C=O) groups is 1. The van der Waals surface area contributed by atoms with Crippen LogP contribution in [0.5, 0.6) is 0 Å². The van der Waals surface area contributed by atoms with Crippen LogP contribution in [0, 0.1) is 0 Å². The Morgan fingerprint density at radius 1 is 1.27 bits per heavy atom. The Morgan fingerprint density at radius 2 is 2.05 bits per heavy atom. The van der Waals surface area contributed by atoms with Crippen molar-refractivity contribution in [3.63, 3.8) is 0 Å². The van der Waals surface area contributed by atoms with Crippen LogP contribution >= 0.6 is 12.4 Å². The van der Waals surface area contributed by atoms with Gasteiger partial charge in [-0.1, -0.05) is 30.3 Å². The third kappa shape index (κ3) is 3.79. The summed E-state index contributed by atoms with van der Waals surface area (Å²) in [7, 11) is 0. The molecule has 5 nitrogen and oxygen atoms in total. The van der Waals surface area contributed by atoms with E-state index in [1.165, 1.54) is 0 Å². The first-order valence-corrected chi connectivity index (χ1v) is 7.59. The maximum absolute atomic E-state index is 12.5. The van der Waals surface area contributed by atoms with Crippen molar-refractivity contribution in [1.82, 2.24) is 4.90 Å². The quantitative estimate of drug-likeness (QED) is 0.914. The van der Waals surface area contributed by atoms with Crippen molar-refractivity contribution in [2.75, 3.05) is 26.2 Å². The van der Waals surface area contributed by atoms with E-state index in [0.29, 0.717) is 26.2 Å². The molecule has 0 bridgehead atoms. The maximum Gasteiger partial charge on any atom is 0.251 e. The number of nitrogens with two attached hydrogens (primary N) is 1. The normalized spacial score (nSPS) is 28.2. The van der Waals surface area contributed by atoms with E-state index in [4.69, 9.17) is 15.2 Å². The number of amides is 1. The number of hydrogen-bond donors (Lipinski definition) is 1. The summed E-state index contributed by atoms with van der Waals surface area (Å²) in [6.07, 6.45) is 1.31. The van der Waals surface area contributed by atoms with Gasteiger partial charge in [0.25, 0.3) is 5.91 Å². The van der Waals surface area contributed by atoms with Crippen molar-refractivity contribution >= 4 is 18.3 Å². The Morgan fingerprint density at radius 3 is 2.73 bits per heavy atom. The number of carbonyl (C=O) groups excluding carboxylic acids is 1. The lowest BCUT2D eigenvalue weighted by Crippen LogP contribution is -2.46. The van der Waals surface area contributed by atoms with Crippen LogP contribution in [0.2, 0.25) is 0 Å². The fraction of sp³-hybridized carbons (Fsp3) is 0.562. The molecule has 2 aliphatic rings. The number of benzene rings is 1. The third-order valence-corrected chi connectivity index (χ3v) is 4.20. The van der Waals surface area contributed by atoms with Crippen LogP contribution in [0.4, 0.5) is 0 Å². The van der Waals surface area contributed by atoms with Gasteiger partial charge >= 0.3 is 0 Å². The highest BCUT2D eigenvalue weighted by Gasteiger charge is 2.35. The van der Waals surface area contributed by atoms with E-state index in [0.717, 1.165) is 18.4 Å².